The average Bonchev–Trinajstić information content (AvgIpc) is 2.98. The van der Waals surface area contributed by atoms with Crippen LogP contribution in [0, 0.1) is 18.6 Å². The van der Waals surface area contributed by atoms with Gasteiger partial charge in [-0.15, -0.1) is 0 Å². The van der Waals surface area contributed by atoms with Crippen LogP contribution in [0.3, 0.4) is 0 Å². The van der Waals surface area contributed by atoms with E-state index in [-0.39, 0.29) is 23.7 Å². The molecule has 0 fully saturated rings. The number of halogens is 2. The molecule has 140 valence electrons. The molecule has 0 N–H and O–H groups in total. The Kier molecular flexibility index (Phi) is 4.65. The molecule has 0 bridgehead atoms. The number of Topliss-reactive ketones (excluding diaryl/α,β-unsaturated/α-hetero) is 1. The number of carbonyl (C=O) groups excluding carboxylic acids is 1. The number of fused-ring (bicyclic) bond motifs is 1. The molecule has 3 nitrogen and oxygen atoms in total. The Morgan fingerprint density at radius 2 is 1.71 bits per heavy atom. The SMILES string of the molecule is Cc1ccc(/C=C2\Oc3cc(OCc4c(F)cccc4F)ccc3C2=O)cc1. The minimum Gasteiger partial charge on any atom is -0.489 e. The topological polar surface area (TPSA) is 35.5 Å². The third-order valence-corrected chi connectivity index (χ3v) is 4.46. The molecule has 0 saturated carbocycles. The molecule has 0 aromatic heterocycles. The van der Waals surface area contributed by atoms with Crippen molar-refractivity contribution in [1.29, 1.82) is 0 Å². The van der Waals surface area contributed by atoms with Crippen LogP contribution in [0.5, 0.6) is 11.5 Å². The summed E-state index contributed by atoms with van der Waals surface area (Å²) >= 11 is 0. The summed E-state index contributed by atoms with van der Waals surface area (Å²) in [5.41, 5.74) is 2.24. The summed E-state index contributed by atoms with van der Waals surface area (Å²) in [5, 5.41) is 0. The Labute approximate surface area is 160 Å². The van der Waals surface area contributed by atoms with Gasteiger partial charge in [-0.05, 0) is 42.8 Å². The molecule has 0 radical (unpaired) electrons. The number of rotatable bonds is 4. The molecular weight excluding hydrogens is 362 g/mol. The van der Waals surface area contributed by atoms with Crippen molar-refractivity contribution in [2.75, 3.05) is 0 Å². The summed E-state index contributed by atoms with van der Waals surface area (Å²) < 4.78 is 38.6. The first-order valence-corrected chi connectivity index (χ1v) is 8.72. The molecule has 0 unspecified atom stereocenters. The number of benzene rings is 3. The quantitative estimate of drug-likeness (QED) is 0.565. The van der Waals surface area contributed by atoms with Crippen LogP contribution in [0.4, 0.5) is 8.78 Å². The Morgan fingerprint density at radius 1 is 1.00 bits per heavy atom. The van der Waals surface area contributed by atoms with Gasteiger partial charge < -0.3 is 9.47 Å². The number of ketones is 1. The fourth-order valence-electron chi connectivity index (χ4n) is 2.90. The van der Waals surface area contributed by atoms with Gasteiger partial charge in [-0.25, -0.2) is 8.78 Å². The van der Waals surface area contributed by atoms with Crippen LogP contribution >= 0.6 is 0 Å². The highest BCUT2D eigenvalue weighted by Crippen LogP contribution is 2.35. The van der Waals surface area contributed by atoms with E-state index in [9.17, 15) is 13.6 Å². The van der Waals surface area contributed by atoms with E-state index in [1.165, 1.54) is 18.2 Å². The zero-order valence-corrected chi connectivity index (χ0v) is 15.0. The van der Waals surface area contributed by atoms with Gasteiger partial charge in [0.2, 0.25) is 5.78 Å². The second-order valence-corrected chi connectivity index (χ2v) is 6.50. The molecule has 0 spiro atoms. The van der Waals surface area contributed by atoms with E-state index in [1.54, 1.807) is 24.3 Å². The Balaban J connectivity index is 1.53. The second-order valence-electron chi connectivity index (χ2n) is 6.50. The first-order chi connectivity index (χ1) is 13.5. The third kappa shape index (κ3) is 3.51. The second kappa shape index (κ2) is 7.27. The molecule has 0 aliphatic carbocycles. The van der Waals surface area contributed by atoms with Crippen LogP contribution in [0.15, 0.2) is 66.4 Å². The molecule has 0 amide bonds. The smallest absolute Gasteiger partial charge is 0.231 e. The predicted molar refractivity (Wildman–Crippen MR) is 101 cm³/mol. The summed E-state index contributed by atoms with van der Waals surface area (Å²) in [7, 11) is 0. The summed E-state index contributed by atoms with van der Waals surface area (Å²) in [6, 6.07) is 16.1. The average molecular weight is 378 g/mol. The number of aryl methyl sites for hydroxylation is 1. The van der Waals surface area contributed by atoms with E-state index in [1.807, 2.05) is 31.2 Å². The van der Waals surface area contributed by atoms with Crippen molar-refractivity contribution in [3.05, 3.63) is 100 Å². The fourth-order valence-corrected chi connectivity index (χ4v) is 2.90. The molecule has 0 saturated heterocycles. The summed E-state index contributed by atoms with van der Waals surface area (Å²) in [5.74, 6) is -0.633. The van der Waals surface area contributed by atoms with Gasteiger partial charge in [0.1, 0.15) is 29.7 Å². The lowest BCUT2D eigenvalue weighted by atomic mass is 10.1. The van der Waals surface area contributed by atoms with Crippen molar-refractivity contribution in [2.24, 2.45) is 0 Å². The lowest BCUT2D eigenvalue weighted by molar-refractivity contribution is 0.101. The molecule has 1 heterocycles. The van der Waals surface area contributed by atoms with Crippen molar-refractivity contribution >= 4 is 11.9 Å². The maximum atomic E-state index is 13.7. The maximum absolute atomic E-state index is 13.7. The van der Waals surface area contributed by atoms with E-state index in [0.717, 1.165) is 11.1 Å². The monoisotopic (exact) mass is 378 g/mol. The van der Waals surface area contributed by atoms with Gasteiger partial charge in [-0.3, -0.25) is 4.79 Å². The van der Waals surface area contributed by atoms with Crippen LogP contribution in [0.25, 0.3) is 6.08 Å². The molecule has 1 aliphatic heterocycles. The van der Waals surface area contributed by atoms with Gasteiger partial charge in [-0.1, -0.05) is 35.9 Å². The summed E-state index contributed by atoms with van der Waals surface area (Å²) in [4.78, 5) is 12.5. The molecule has 4 rings (SSSR count). The summed E-state index contributed by atoms with van der Waals surface area (Å²) in [6.45, 7) is 1.72. The van der Waals surface area contributed by atoms with Crippen molar-refractivity contribution in [3.8, 4) is 11.5 Å². The van der Waals surface area contributed by atoms with Crippen molar-refractivity contribution in [3.63, 3.8) is 0 Å². The number of carbonyl (C=O) groups is 1. The predicted octanol–water partition coefficient (Wildman–Crippen LogP) is 5.47. The molecule has 3 aromatic carbocycles. The normalized spacial score (nSPS) is 14.1. The molecule has 5 heteroatoms. The lowest BCUT2D eigenvalue weighted by Gasteiger charge is -2.09. The highest BCUT2D eigenvalue weighted by Gasteiger charge is 2.27. The van der Waals surface area contributed by atoms with Gasteiger partial charge in [0.05, 0.1) is 11.1 Å². The first kappa shape index (κ1) is 17.9. The van der Waals surface area contributed by atoms with Crippen molar-refractivity contribution in [2.45, 2.75) is 13.5 Å². The number of ether oxygens (including phenoxy) is 2. The molecule has 28 heavy (non-hydrogen) atoms. The van der Waals surface area contributed by atoms with E-state index in [0.29, 0.717) is 17.1 Å². The Morgan fingerprint density at radius 3 is 2.43 bits per heavy atom. The standard InChI is InChI=1S/C23H16F2O3/c1-14-5-7-15(8-6-14)11-22-23(26)17-10-9-16(12-21(17)28-22)27-13-18-19(24)3-2-4-20(18)25/h2-12H,13H2,1H3/b22-11-. The molecule has 3 aromatic rings. The van der Waals surface area contributed by atoms with Crippen LogP contribution in [0.1, 0.15) is 27.0 Å². The van der Waals surface area contributed by atoms with E-state index >= 15 is 0 Å². The highest BCUT2D eigenvalue weighted by molar-refractivity contribution is 6.14. The zero-order chi connectivity index (χ0) is 19.7. The van der Waals surface area contributed by atoms with Gasteiger partial charge in [0, 0.05) is 6.07 Å². The van der Waals surface area contributed by atoms with Crippen molar-refractivity contribution < 1.29 is 23.0 Å². The zero-order valence-electron chi connectivity index (χ0n) is 15.0. The lowest BCUT2D eigenvalue weighted by Crippen LogP contribution is -2.01. The van der Waals surface area contributed by atoms with Gasteiger partial charge in [0.25, 0.3) is 0 Å². The number of hydrogen-bond acceptors (Lipinski definition) is 3. The highest BCUT2D eigenvalue weighted by atomic mass is 19.1. The maximum Gasteiger partial charge on any atom is 0.231 e. The Bertz CT molecular complexity index is 1070. The fraction of sp³-hybridized carbons (Fsp3) is 0.0870. The van der Waals surface area contributed by atoms with Crippen LogP contribution in [0.2, 0.25) is 0 Å². The minimum atomic E-state index is -0.670. The van der Waals surface area contributed by atoms with E-state index in [2.05, 4.69) is 0 Å². The minimum absolute atomic E-state index is 0.153. The Hall–Kier alpha value is -3.47. The first-order valence-electron chi connectivity index (χ1n) is 8.72. The number of allylic oxidation sites excluding steroid dienone is 1. The summed E-state index contributed by atoms with van der Waals surface area (Å²) in [6.07, 6.45) is 1.68. The van der Waals surface area contributed by atoms with Crippen LogP contribution < -0.4 is 9.47 Å². The van der Waals surface area contributed by atoms with E-state index in [4.69, 9.17) is 9.47 Å². The van der Waals surface area contributed by atoms with Gasteiger partial charge in [-0.2, -0.15) is 0 Å². The van der Waals surface area contributed by atoms with Crippen LogP contribution in [-0.4, -0.2) is 5.78 Å². The van der Waals surface area contributed by atoms with Crippen LogP contribution in [-0.2, 0) is 6.61 Å². The molecular formula is C23H16F2O3. The van der Waals surface area contributed by atoms with Gasteiger partial charge >= 0.3 is 0 Å². The third-order valence-electron chi connectivity index (χ3n) is 4.46. The molecule has 0 atom stereocenters. The van der Waals surface area contributed by atoms with Crippen molar-refractivity contribution in [1.82, 2.24) is 0 Å². The van der Waals surface area contributed by atoms with E-state index < -0.39 is 11.6 Å². The largest absolute Gasteiger partial charge is 0.489 e. The molecule has 1 aliphatic rings. The number of hydrogen-bond donors (Lipinski definition) is 0. The van der Waals surface area contributed by atoms with Gasteiger partial charge in [0.15, 0.2) is 5.76 Å².